The van der Waals surface area contributed by atoms with E-state index in [9.17, 15) is 5.11 Å². The number of nitrogens with one attached hydrogen (secondary N) is 1. The van der Waals surface area contributed by atoms with Crippen LogP contribution in [0.5, 0.6) is 0 Å². The quantitative estimate of drug-likeness (QED) is 0.470. The summed E-state index contributed by atoms with van der Waals surface area (Å²) in [5.74, 6) is 0.636. The van der Waals surface area contributed by atoms with Gasteiger partial charge in [-0.15, -0.1) is 0 Å². The van der Waals surface area contributed by atoms with E-state index < -0.39 is 12.3 Å². The van der Waals surface area contributed by atoms with Gasteiger partial charge >= 0.3 is 0 Å². The number of rotatable bonds is 6. The lowest BCUT2D eigenvalue weighted by Crippen LogP contribution is -2.52. The van der Waals surface area contributed by atoms with Gasteiger partial charge in [0.2, 0.25) is 0 Å². The molecule has 4 aromatic rings. The average molecular weight is 445 g/mol. The van der Waals surface area contributed by atoms with Crippen LogP contribution in [0, 0.1) is 6.92 Å². The molecular formula is C25H28N6O2. The van der Waals surface area contributed by atoms with Crippen molar-refractivity contribution in [1.82, 2.24) is 30.0 Å². The minimum atomic E-state index is -0.706. The van der Waals surface area contributed by atoms with Gasteiger partial charge in [0, 0.05) is 53.8 Å². The van der Waals surface area contributed by atoms with Crippen LogP contribution in [-0.2, 0) is 11.3 Å². The van der Waals surface area contributed by atoms with E-state index in [0.29, 0.717) is 13.2 Å². The predicted molar refractivity (Wildman–Crippen MR) is 125 cm³/mol. The highest BCUT2D eigenvalue weighted by Gasteiger charge is 2.39. The van der Waals surface area contributed by atoms with Gasteiger partial charge in [0.15, 0.2) is 0 Å². The van der Waals surface area contributed by atoms with Gasteiger partial charge in [0.25, 0.3) is 0 Å². The van der Waals surface area contributed by atoms with Crippen molar-refractivity contribution in [2.45, 2.75) is 45.1 Å². The number of aliphatic hydroxyl groups is 1. The third-order valence-electron chi connectivity index (χ3n) is 6.27. The standard InChI is InChI=1S/C25H28N6O2/c1-3-33-25-24(32)19(22-13-21(29-30-22)17-7-6-11-26-14-17)10-12-31(25)15-23-27-16(2)18-8-4-5-9-20(18)28-23/h4-9,11,13-14,19,24-25,32H,3,10,12,15H2,1-2H3,(H,29,30). The van der Waals surface area contributed by atoms with Crippen LogP contribution in [0.3, 0.4) is 0 Å². The Bertz CT molecular complexity index is 1230. The molecule has 1 aromatic carbocycles. The van der Waals surface area contributed by atoms with Gasteiger partial charge in [-0.1, -0.05) is 18.2 Å². The van der Waals surface area contributed by atoms with Crippen LogP contribution in [0.4, 0.5) is 0 Å². The number of hydrogen-bond acceptors (Lipinski definition) is 7. The van der Waals surface area contributed by atoms with Crippen LogP contribution in [-0.4, -0.2) is 60.6 Å². The highest BCUT2D eigenvalue weighted by Crippen LogP contribution is 2.34. The van der Waals surface area contributed by atoms with Crippen molar-refractivity contribution in [3.63, 3.8) is 0 Å². The molecule has 0 saturated carbocycles. The molecule has 8 heteroatoms. The number of H-pyrrole nitrogens is 1. The van der Waals surface area contributed by atoms with Crippen molar-refractivity contribution in [2.75, 3.05) is 13.2 Å². The number of piperidine rings is 1. The van der Waals surface area contributed by atoms with E-state index in [1.165, 1.54) is 0 Å². The molecule has 0 bridgehead atoms. The van der Waals surface area contributed by atoms with Crippen LogP contribution in [0.2, 0.25) is 0 Å². The number of para-hydroxylation sites is 1. The number of ether oxygens (including phenoxy) is 1. The number of nitrogens with zero attached hydrogens (tertiary/aromatic N) is 5. The molecule has 0 amide bonds. The summed E-state index contributed by atoms with van der Waals surface area (Å²) in [4.78, 5) is 15.8. The second-order valence-electron chi connectivity index (χ2n) is 8.39. The monoisotopic (exact) mass is 444 g/mol. The Labute approximate surface area is 192 Å². The molecule has 2 N–H and O–H groups in total. The van der Waals surface area contributed by atoms with Gasteiger partial charge in [-0.2, -0.15) is 5.10 Å². The summed E-state index contributed by atoms with van der Waals surface area (Å²) in [7, 11) is 0. The highest BCUT2D eigenvalue weighted by molar-refractivity contribution is 5.80. The summed E-state index contributed by atoms with van der Waals surface area (Å²) in [5, 5.41) is 19.9. The van der Waals surface area contributed by atoms with E-state index in [0.717, 1.165) is 52.3 Å². The minimum Gasteiger partial charge on any atom is -0.388 e. The second kappa shape index (κ2) is 9.35. The first kappa shape index (κ1) is 21.6. The van der Waals surface area contributed by atoms with Crippen molar-refractivity contribution in [3.05, 3.63) is 72.1 Å². The Hall–Kier alpha value is -3.20. The largest absolute Gasteiger partial charge is 0.388 e. The molecule has 3 unspecified atom stereocenters. The number of aromatic amines is 1. The van der Waals surface area contributed by atoms with Crippen molar-refractivity contribution in [1.29, 1.82) is 0 Å². The summed E-state index contributed by atoms with van der Waals surface area (Å²) in [6.45, 7) is 5.73. The van der Waals surface area contributed by atoms with Crippen molar-refractivity contribution < 1.29 is 9.84 Å². The van der Waals surface area contributed by atoms with E-state index in [4.69, 9.17) is 14.7 Å². The number of aromatic nitrogens is 5. The average Bonchev–Trinajstić information content (AvgIpc) is 3.32. The van der Waals surface area contributed by atoms with Crippen LogP contribution in [0.15, 0.2) is 54.9 Å². The highest BCUT2D eigenvalue weighted by atomic mass is 16.5. The topological polar surface area (TPSA) is 100 Å². The first-order valence-electron chi connectivity index (χ1n) is 11.4. The number of pyridine rings is 1. The van der Waals surface area contributed by atoms with Crippen molar-refractivity contribution in [3.8, 4) is 11.3 Å². The molecule has 3 aromatic heterocycles. The first-order valence-corrected chi connectivity index (χ1v) is 11.4. The molecule has 0 aliphatic carbocycles. The summed E-state index contributed by atoms with van der Waals surface area (Å²) in [6, 6.07) is 13.9. The lowest BCUT2D eigenvalue weighted by atomic mass is 9.89. The first-order chi connectivity index (χ1) is 16.1. The summed E-state index contributed by atoms with van der Waals surface area (Å²) in [6.07, 6.45) is 3.14. The van der Waals surface area contributed by atoms with Crippen molar-refractivity contribution >= 4 is 10.9 Å². The Morgan fingerprint density at radius 3 is 2.88 bits per heavy atom. The molecule has 1 saturated heterocycles. The second-order valence-corrected chi connectivity index (χ2v) is 8.39. The number of aliphatic hydroxyl groups excluding tert-OH is 1. The molecule has 0 radical (unpaired) electrons. The third kappa shape index (κ3) is 4.37. The van der Waals surface area contributed by atoms with Crippen molar-refractivity contribution in [2.24, 2.45) is 0 Å². The Morgan fingerprint density at radius 2 is 2.06 bits per heavy atom. The Morgan fingerprint density at radius 1 is 1.18 bits per heavy atom. The molecule has 8 nitrogen and oxygen atoms in total. The fourth-order valence-corrected chi connectivity index (χ4v) is 4.64. The molecule has 0 spiro atoms. The summed E-state index contributed by atoms with van der Waals surface area (Å²) >= 11 is 0. The number of hydrogen-bond donors (Lipinski definition) is 2. The molecule has 4 heterocycles. The van der Waals surface area contributed by atoms with Crippen LogP contribution >= 0.6 is 0 Å². The van der Waals surface area contributed by atoms with Gasteiger partial charge in [-0.25, -0.2) is 9.97 Å². The maximum absolute atomic E-state index is 11.3. The van der Waals surface area contributed by atoms with Crippen LogP contribution in [0.25, 0.3) is 22.2 Å². The molecule has 5 rings (SSSR count). The zero-order valence-corrected chi connectivity index (χ0v) is 18.8. The molecule has 3 atom stereocenters. The summed E-state index contributed by atoms with van der Waals surface area (Å²) in [5.41, 5.74) is 4.56. The number of benzene rings is 1. The lowest BCUT2D eigenvalue weighted by molar-refractivity contribution is -0.154. The number of fused-ring (bicyclic) bond motifs is 1. The van der Waals surface area contributed by atoms with E-state index in [1.807, 2.05) is 56.3 Å². The van der Waals surface area contributed by atoms with Gasteiger partial charge in [0.05, 0.1) is 17.8 Å². The molecule has 1 aliphatic rings. The minimum absolute atomic E-state index is 0.102. The number of aryl methyl sites for hydroxylation is 1. The van der Waals surface area contributed by atoms with Gasteiger partial charge in [0.1, 0.15) is 18.2 Å². The number of likely N-dealkylation sites (tertiary alicyclic amines) is 1. The molecule has 1 aliphatic heterocycles. The van der Waals surface area contributed by atoms with Crippen LogP contribution < -0.4 is 0 Å². The van der Waals surface area contributed by atoms with Crippen LogP contribution in [0.1, 0.15) is 36.5 Å². The zero-order chi connectivity index (χ0) is 22.8. The molecular weight excluding hydrogens is 416 g/mol. The van der Waals surface area contributed by atoms with Gasteiger partial charge < -0.3 is 9.84 Å². The van der Waals surface area contributed by atoms with Gasteiger partial charge in [-0.05, 0) is 44.5 Å². The zero-order valence-electron chi connectivity index (χ0n) is 18.8. The van der Waals surface area contributed by atoms with E-state index in [2.05, 4.69) is 20.1 Å². The van der Waals surface area contributed by atoms with E-state index >= 15 is 0 Å². The fraction of sp³-hybridized carbons (Fsp3) is 0.360. The molecule has 1 fully saturated rings. The third-order valence-corrected chi connectivity index (χ3v) is 6.27. The lowest BCUT2D eigenvalue weighted by Gasteiger charge is -2.42. The molecule has 33 heavy (non-hydrogen) atoms. The predicted octanol–water partition coefficient (Wildman–Crippen LogP) is 3.44. The van der Waals surface area contributed by atoms with Gasteiger partial charge in [-0.3, -0.25) is 15.0 Å². The fourth-order valence-electron chi connectivity index (χ4n) is 4.64. The summed E-state index contributed by atoms with van der Waals surface area (Å²) < 4.78 is 6.02. The van der Waals surface area contributed by atoms with E-state index in [1.54, 1.807) is 12.4 Å². The Balaban J connectivity index is 1.36. The maximum atomic E-state index is 11.3. The van der Waals surface area contributed by atoms with E-state index in [-0.39, 0.29) is 5.92 Å². The normalized spacial score (nSPS) is 21.5. The smallest absolute Gasteiger partial charge is 0.143 e. The molecule has 170 valence electrons. The Kier molecular flexibility index (Phi) is 6.13. The maximum Gasteiger partial charge on any atom is 0.143 e. The SMILES string of the molecule is CCOC1C(O)C(c2cc(-c3cccnc3)n[nH]2)CCN1Cc1nc(C)c2ccccc2n1.